The van der Waals surface area contributed by atoms with E-state index in [4.69, 9.17) is 0 Å². The molecule has 4 rings (SSSR count). The van der Waals surface area contributed by atoms with Gasteiger partial charge in [0.15, 0.2) is 0 Å². The number of nitrogens with zero attached hydrogens (tertiary/aromatic N) is 3. The number of piperidine rings is 1. The summed E-state index contributed by atoms with van der Waals surface area (Å²) < 4.78 is 0. The van der Waals surface area contributed by atoms with Gasteiger partial charge < -0.3 is 20.4 Å². The normalized spacial score (nSPS) is 19.6. The van der Waals surface area contributed by atoms with E-state index < -0.39 is 11.6 Å². The zero-order valence-electron chi connectivity index (χ0n) is 21.8. The molecule has 0 radical (unpaired) electrons. The zero-order valence-corrected chi connectivity index (χ0v) is 21.8. The fourth-order valence-corrected chi connectivity index (χ4v) is 5.46. The van der Waals surface area contributed by atoms with Crippen molar-refractivity contribution >= 4 is 17.7 Å². The number of piperazine rings is 1. The van der Waals surface area contributed by atoms with Crippen molar-refractivity contribution in [2.75, 3.05) is 32.7 Å². The number of likely N-dealkylation sites (tertiary alicyclic amines) is 1. The number of amides is 3. The monoisotopic (exact) mass is 505 g/mol. The van der Waals surface area contributed by atoms with Gasteiger partial charge in [-0.05, 0) is 62.6 Å². The highest BCUT2D eigenvalue weighted by Gasteiger charge is 2.52. The third-order valence-corrected chi connectivity index (χ3v) is 7.60. The van der Waals surface area contributed by atoms with Crippen LogP contribution in [0.1, 0.15) is 61.5 Å². The molecule has 0 unspecified atom stereocenters. The number of nitrogens with one attached hydrogen (secondary N) is 2. The van der Waals surface area contributed by atoms with E-state index in [1.165, 1.54) is 5.56 Å². The lowest BCUT2D eigenvalue weighted by Crippen LogP contribution is -2.72. The number of unbranched alkanes of at least 4 members (excludes halogenated alkanes) is 1. The smallest absolute Gasteiger partial charge is 0.269 e. The average Bonchev–Trinajstić information content (AvgIpc) is 2.94. The molecule has 3 heterocycles. The van der Waals surface area contributed by atoms with Crippen molar-refractivity contribution in [3.63, 3.8) is 0 Å². The summed E-state index contributed by atoms with van der Waals surface area (Å²) in [6, 6.07) is 15.2. The maximum Gasteiger partial charge on any atom is 0.269 e. The van der Waals surface area contributed by atoms with Crippen LogP contribution in [0.25, 0.3) is 0 Å². The molecule has 1 aromatic carbocycles. The minimum Gasteiger partial charge on any atom is -0.351 e. The number of rotatable bonds is 11. The molecule has 0 saturated carbocycles. The Balaban J connectivity index is 1.26. The Bertz CT molecular complexity index is 1040. The van der Waals surface area contributed by atoms with E-state index in [0.29, 0.717) is 38.0 Å². The number of pyridine rings is 1. The predicted molar refractivity (Wildman–Crippen MR) is 143 cm³/mol. The van der Waals surface area contributed by atoms with Gasteiger partial charge in [-0.2, -0.15) is 0 Å². The molecule has 8 nitrogen and oxygen atoms in total. The van der Waals surface area contributed by atoms with Gasteiger partial charge in [0.25, 0.3) is 5.91 Å². The summed E-state index contributed by atoms with van der Waals surface area (Å²) in [7, 11) is 0. The maximum atomic E-state index is 13.5. The summed E-state index contributed by atoms with van der Waals surface area (Å²) in [5.74, 6) is -0.165. The molecule has 2 fully saturated rings. The molecule has 1 atom stereocenters. The summed E-state index contributed by atoms with van der Waals surface area (Å²) in [6.45, 7) is 5.76. The van der Waals surface area contributed by atoms with Crippen LogP contribution in [0.5, 0.6) is 0 Å². The number of benzene rings is 1. The van der Waals surface area contributed by atoms with Gasteiger partial charge in [0, 0.05) is 38.9 Å². The maximum absolute atomic E-state index is 13.5. The van der Waals surface area contributed by atoms with E-state index in [-0.39, 0.29) is 17.7 Å². The van der Waals surface area contributed by atoms with Crippen molar-refractivity contribution in [1.82, 2.24) is 25.4 Å². The van der Waals surface area contributed by atoms with Gasteiger partial charge in [0.2, 0.25) is 11.8 Å². The fourth-order valence-electron chi connectivity index (χ4n) is 5.46. The van der Waals surface area contributed by atoms with E-state index >= 15 is 0 Å². The van der Waals surface area contributed by atoms with E-state index in [2.05, 4.69) is 51.7 Å². The Morgan fingerprint density at radius 3 is 2.51 bits per heavy atom. The number of aromatic nitrogens is 1. The van der Waals surface area contributed by atoms with Gasteiger partial charge in [-0.1, -0.05) is 43.3 Å². The topological polar surface area (TPSA) is 94.6 Å². The lowest BCUT2D eigenvalue weighted by atomic mass is 9.81. The van der Waals surface area contributed by atoms with E-state index in [0.717, 1.165) is 45.3 Å². The molecule has 2 aromatic rings. The molecule has 2 N–H and O–H groups in total. The zero-order chi connectivity index (χ0) is 26.1. The molecule has 0 aliphatic carbocycles. The van der Waals surface area contributed by atoms with Crippen LogP contribution in [0.3, 0.4) is 0 Å². The van der Waals surface area contributed by atoms with E-state index in [9.17, 15) is 14.4 Å². The Morgan fingerprint density at radius 2 is 1.81 bits per heavy atom. The van der Waals surface area contributed by atoms with Crippen molar-refractivity contribution in [2.24, 2.45) is 0 Å². The Hall–Kier alpha value is -3.26. The summed E-state index contributed by atoms with van der Waals surface area (Å²) >= 11 is 0. The predicted octanol–water partition coefficient (Wildman–Crippen LogP) is 2.80. The second kappa shape index (κ2) is 12.8. The van der Waals surface area contributed by atoms with Gasteiger partial charge >= 0.3 is 0 Å². The van der Waals surface area contributed by atoms with Crippen LogP contribution in [-0.2, 0) is 16.0 Å². The Kier molecular flexibility index (Phi) is 9.28. The molecule has 2 aliphatic rings. The van der Waals surface area contributed by atoms with Gasteiger partial charge in [0.05, 0.1) is 0 Å². The average molecular weight is 506 g/mol. The summed E-state index contributed by atoms with van der Waals surface area (Å²) in [5, 5.41) is 5.94. The van der Waals surface area contributed by atoms with Gasteiger partial charge in [-0.3, -0.25) is 19.4 Å². The van der Waals surface area contributed by atoms with Crippen LogP contribution in [0.2, 0.25) is 0 Å². The number of hydrogen-bond donors (Lipinski definition) is 2. The molecule has 37 heavy (non-hydrogen) atoms. The number of carbonyl (C=O) groups excluding carboxylic acids is 3. The molecule has 198 valence electrons. The first-order valence-corrected chi connectivity index (χ1v) is 13.6. The lowest BCUT2D eigenvalue weighted by molar-refractivity contribution is -0.161. The van der Waals surface area contributed by atoms with Gasteiger partial charge in [0.1, 0.15) is 17.3 Å². The Labute approximate surface area is 219 Å². The minimum absolute atomic E-state index is 0.00304. The van der Waals surface area contributed by atoms with Crippen molar-refractivity contribution in [1.29, 1.82) is 0 Å². The second-order valence-corrected chi connectivity index (χ2v) is 10.1. The molecular formula is C29H39N5O3. The summed E-state index contributed by atoms with van der Waals surface area (Å²) in [4.78, 5) is 47.4. The van der Waals surface area contributed by atoms with Crippen LogP contribution >= 0.6 is 0 Å². The molecule has 3 amide bonds. The molecular weight excluding hydrogens is 466 g/mol. The lowest BCUT2D eigenvalue weighted by Gasteiger charge is -2.51. The summed E-state index contributed by atoms with van der Waals surface area (Å²) in [5.41, 5.74) is 0.979. The first-order chi connectivity index (χ1) is 18.0. The van der Waals surface area contributed by atoms with Crippen LogP contribution in [-0.4, -0.2) is 76.8 Å². The van der Waals surface area contributed by atoms with Crippen LogP contribution in [0.4, 0.5) is 0 Å². The third kappa shape index (κ3) is 6.55. The van der Waals surface area contributed by atoms with Crippen LogP contribution < -0.4 is 10.6 Å². The van der Waals surface area contributed by atoms with Crippen molar-refractivity contribution in [3.05, 3.63) is 66.0 Å². The van der Waals surface area contributed by atoms with E-state index in [1.807, 2.05) is 11.0 Å². The highest BCUT2D eigenvalue weighted by Crippen LogP contribution is 2.34. The molecule has 2 aliphatic heterocycles. The van der Waals surface area contributed by atoms with Crippen molar-refractivity contribution < 1.29 is 14.4 Å². The highest BCUT2D eigenvalue weighted by atomic mass is 16.2. The van der Waals surface area contributed by atoms with Gasteiger partial charge in [-0.25, -0.2) is 0 Å². The molecule has 0 bridgehead atoms. The molecule has 1 spiro atoms. The number of hydrogen-bond acceptors (Lipinski definition) is 5. The quantitative estimate of drug-likeness (QED) is 0.458. The second-order valence-electron chi connectivity index (χ2n) is 10.1. The van der Waals surface area contributed by atoms with Crippen molar-refractivity contribution in [3.8, 4) is 0 Å². The largest absolute Gasteiger partial charge is 0.351 e. The molecule has 1 aromatic heterocycles. The summed E-state index contributed by atoms with van der Waals surface area (Å²) in [6.07, 6.45) is 6.79. The fraction of sp³-hybridized carbons (Fsp3) is 0.517. The Morgan fingerprint density at radius 1 is 1.05 bits per heavy atom. The third-order valence-electron chi connectivity index (χ3n) is 7.60. The van der Waals surface area contributed by atoms with Gasteiger partial charge in [-0.15, -0.1) is 0 Å². The standard InChI is InChI=1S/C29H39N5O3/c1-2-19-34-27(36)25(13-7-9-18-31-26(35)24-12-6-8-17-30-24)32-28(37)29(34)15-21-33(22-16-29)20-14-23-10-4-3-5-11-23/h3-6,8,10-12,17,25H,2,7,9,13-16,18-22H2,1H3,(H,31,35)(H,32,37)/t25-/m0/s1. The highest BCUT2D eigenvalue weighted by molar-refractivity contribution is 6.00. The molecule has 2 saturated heterocycles. The van der Waals surface area contributed by atoms with Crippen molar-refractivity contribution in [2.45, 2.75) is 63.5 Å². The molecule has 8 heteroatoms. The van der Waals surface area contributed by atoms with E-state index in [1.54, 1.807) is 24.4 Å². The minimum atomic E-state index is -0.733. The SMILES string of the molecule is CCCN1C(=O)[C@H](CCCCNC(=O)c2ccccn2)NC(=O)C12CCN(CCc1ccccc1)CC2. The first kappa shape index (κ1) is 26.8. The van der Waals surface area contributed by atoms with Crippen LogP contribution in [0.15, 0.2) is 54.7 Å². The number of carbonyl (C=O) groups is 3. The van der Waals surface area contributed by atoms with Crippen LogP contribution in [0, 0.1) is 0 Å². The first-order valence-electron chi connectivity index (χ1n) is 13.6.